The van der Waals surface area contributed by atoms with Gasteiger partial charge in [-0.05, 0) is 44.9 Å². The van der Waals surface area contributed by atoms with Crippen molar-refractivity contribution in [2.75, 3.05) is 25.4 Å². The van der Waals surface area contributed by atoms with Gasteiger partial charge >= 0.3 is 0 Å². The normalized spacial score (nSPS) is 30.7. The van der Waals surface area contributed by atoms with Crippen molar-refractivity contribution in [3.8, 4) is 0 Å². The van der Waals surface area contributed by atoms with Gasteiger partial charge in [-0.25, -0.2) is 4.99 Å². The van der Waals surface area contributed by atoms with E-state index in [0.717, 1.165) is 6.42 Å². The van der Waals surface area contributed by atoms with E-state index in [4.69, 9.17) is 10.5 Å². The van der Waals surface area contributed by atoms with Crippen molar-refractivity contribution in [1.29, 1.82) is 0 Å². The molecule has 4 amide bonds. The van der Waals surface area contributed by atoms with Gasteiger partial charge in [-0.15, -0.1) is 18.3 Å². The van der Waals surface area contributed by atoms with E-state index >= 15 is 0 Å². The topological polar surface area (TPSA) is 167 Å². The lowest BCUT2D eigenvalue weighted by molar-refractivity contribution is -0.140. The molecule has 1 saturated heterocycles. The van der Waals surface area contributed by atoms with Crippen molar-refractivity contribution >= 4 is 40.4 Å². The molecule has 3 aliphatic rings. The van der Waals surface area contributed by atoms with Crippen molar-refractivity contribution in [3.63, 3.8) is 0 Å². The molecule has 3 aliphatic heterocycles. The van der Waals surface area contributed by atoms with Gasteiger partial charge in [-0.2, -0.15) is 0 Å². The van der Waals surface area contributed by atoms with Gasteiger partial charge in [0.25, 0.3) is 5.91 Å². The molecule has 13 heteroatoms. The van der Waals surface area contributed by atoms with E-state index in [1.54, 1.807) is 11.0 Å². The van der Waals surface area contributed by atoms with E-state index in [0.29, 0.717) is 30.9 Å². The van der Waals surface area contributed by atoms with Gasteiger partial charge in [0.2, 0.25) is 17.7 Å². The monoisotopic (exact) mass is 607 g/mol. The number of nitrogens with zero attached hydrogens (tertiary/aromatic N) is 2. The lowest BCUT2D eigenvalue weighted by Crippen LogP contribution is -2.61. The van der Waals surface area contributed by atoms with E-state index in [1.807, 2.05) is 41.5 Å². The van der Waals surface area contributed by atoms with Gasteiger partial charge in [0.05, 0.1) is 36.0 Å². The van der Waals surface area contributed by atoms with Gasteiger partial charge < -0.3 is 25.6 Å². The molecular formula is C29H49N7O5S. The van der Waals surface area contributed by atoms with Crippen LogP contribution in [-0.2, 0) is 23.9 Å². The number of nitrogens with two attached hydrogens (primary N) is 1. The average Bonchev–Trinajstić information content (AvgIpc) is 3.58. The van der Waals surface area contributed by atoms with Crippen LogP contribution in [0.15, 0.2) is 17.6 Å². The molecule has 6 N–H and O–H groups in total. The Kier molecular flexibility index (Phi) is 11.6. The Morgan fingerprint density at radius 2 is 1.90 bits per heavy atom. The first-order chi connectivity index (χ1) is 19.7. The number of hydrogen-bond donors (Lipinski definition) is 5. The second-order valence-corrected chi connectivity index (χ2v) is 13.5. The number of fused-ring (bicyclic) bond motifs is 2. The minimum absolute atomic E-state index is 0.0849. The molecule has 0 aromatic heterocycles. The fraction of sp³-hybridized carbons (Fsp3) is 0.759. The summed E-state index contributed by atoms with van der Waals surface area (Å²) in [5.41, 5.74) is 4.25. The maximum absolute atomic E-state index is 13.8. The predicted molar refractivity (Wildman–Crippen MR) is 164 cm³/mol. The minimum Gasteiger partial charge on any atom is -0.369 e. The van der Waals surface area contributed by atoms with E-state index in [1.165, 1.54) is 11.8 Å². The highest BCUT2D eigenvalue weighted by Crippen LogP contribution is 2.29. The first kappa shape index (κ1) is 34.0. The van der Waals surface area contributed by atoms with Crippen LogP contribution in [0.3, 0.4) is 0 Å². The van der Waals surface area contributed by atoms with Crippen molar-refractivity contribution in [1.82, 2.24) is 26.2 Å². The molecular weight excluding hydrogens is 558 g/mol. The highest BCUT2D eigenvalue weighted by Gasteiger charge is 2.45. The molecule has 42 heavy (non-hydrogen) atoms. The summed E-state index contributed by atoms with van der Waals surface area (Å²) in [6.07, 6.45) is 3.86. The van der Waals surface area contributed by atoms with E-state index in [2.05, 4.69) is 32.8 Å². The van der Waals surface area contributed by atoms with Crippen LogP contribution in [0.1, 0.15) is 67.2 Å². The number of carbonyl (C=O) groups is 4. The lowest BCUT2D eigenvalue weighted by Gasteiger charge is -2.33. The lowest BCUT2D eigenvalue weighted by atomic mass is 9.97. The molecule has 12 nitrogen and oxygen atoms in total. The van der Waals surface area contributed by atoms with Gasteiger partial charge in [0, 0.05) is 12.3 Å². The second kappa shape index (κ2) is 14.3. The molecule has 236 valence electrons. The Morgan fingerprint density at radius 3 is 2.55 bits per heavy atom. The van der Waals surface area contributed by atoms with Gasteiger partial charge in [0.15, 0.2) is 5.66 Å². The molecule has 0 aromatic rings. The third-order valence-corrected chi connectivity index (χ3v) is 9.29. The summed E-state index contributed by atoms with van der Waals surface area (Å²) in [5, 5.41) is 12.4. The van der Waals surface area contributed by atoms with E-state index < -0.39 is 47.1 Å². The minimum atomic E-state index is -1.59. The Balaban J connectivity index is 1.99. The molecule has 0 saturated carbocycles. The summed E-state index contributed by atoms with van der Waals surface area (Å²) >= 11 is 1.32. The SMILES string of the molecule is C=CC(C)(C)OCC1NC(=O)CNC2CCCN2C(=O)C(C(C)CC)NC(=O)C2(N)CSC(=N2)C(CC(C)C)NC1=O. The summed E-state index contributed by atoms with van der Waals surface area (Å²) in [5.74, 6) is -1.38. The van der Waals surface area contributed by atoms with Crippen LogP contribution in [0.4, 0.5) is 0 Å². The Morgan fingerprint density at radius 1 is 1.19 bits per heavy atom. The van der Waals surface area contributed by atoms with Crippen molar-refractivity contribution in [2.45, 2.75) is 103 Å². The quantitative estimate of drug-likeness (QED) is 0.253. The molecule has 0 radical (unpaired) electrons. The molecule has 6 unspecified atom stereocenters. The fourth-order valence-electron chi connectivity index (χ4n) is 5.07. The third kappa shape index (κ3) is 8.55. The van der Waals surface area contributed by atoms with Crippen LogP contribution in [0.25, 0.3) is 0 Å². The van der Waals surface area contributed by atoms with Crippen molar-refractivity contribution < 1.29 is 23.9 Å². The fourth-order valence-corrected chi connectivity index (χ4v) is 6.22. The summed E-state index contributed by atoms with van der Waals surface area (Å²) in [7, 11) is 0. The molecule has 6 atom stereocenters. The number of aliphatic imine (C=N–C) groups is 1. The highest BCUT2D eigenvalue weighted by molar-refractivity contribution is 8.14. The Bertz CT molecular complexity index is 1070. The Hall–Kier alpha value is -2.48. The van der Waals surface area contributed by atoms with Crippen LogP contribution in [0.5, 0.6) is 0 Å². The van der Waals surface area contributed by atoms with Crippen molar-refractivity contribution in [3.05, 3.63) is 12.7 Å². The average molecular weight is 608 g/mol. The standard InChI is InChI=1S/C29H49N7O5S/c1-8-18(5)23-26(39)36-12-10-11-21(36)31-14-22(37)32-20(15-41-28(6,7)9-2)24(38)33-19(13-17(3)4)25-35-29(30,16-42-25)27(40)34-23/h9,17-21,23,31H,2,8,10-16,30H2,1,3-7H3,(H,32,37)(H,33,38)(H,34,40). The zero-order chi connectivity index (χ0) is 31.2. The molecule has 1 fully saturated rings. The molecule has 0 spiro atoms. The first-order valence-corrected chi connectivity index (χ1v) is 15.9. The van der Waals surface area contributed by atoms with E-state index in [9.17, 15) is 19.2 Å². The largest absolute Gasteiger partial charge is 0.369 e. The van der Waals surface area contributed by atoms with E-state index in [-0.39, 0.29) is 42.8 Å². The molecule has 0 aromatic carbocycles. The van der Waals surface area contributed by atoms with Crippen molar-refractivity contribution in [2.24, 2.45) is 22.6 Å². The number of thioether (sulfide) groups is 1. The third-order valence-electron chi connectivity index (χ3n) is 8.03. The van der Waals surface area contributed by atoms with Gasteiger partial charge in [-0.1, -0.05) is 40.2 Å². The van der Waals surface area contributed by atoms with Crippen LogP contribution >= 0.6 is 11.8 Å². The summed E-state index contributed by atoms with van der Waals surface area (Å²) in [4.78, 5) is 60.4. The first-order valence-electron chi connectivity index (χ1n) is 14.9. The highest BCUT2D eigenvalue weighted by atomic mass is 32.2. The van der Waals surface area contributed by atoms with Crippen LogP contribution < -0.4 is 27.0 Å². The molecule has 2 bridgehead atoms. The Labute approximate surface area is 253 Å². The maximum Gasteiger partial charge on any atom is 0.264 e. The predicted octanol–water partition coefficient (Wildman–Crippen LogP) is 0.866. The van der Waals surface area contributed by atoms with Crippen LogP contribution in [0, 0.1) is 11.8 Å². The second-order valence-electron chi connectivity index (χ2n) is 12.5. The zero-order valence-corrected chi connectivity index (χ0v) is 26.6. The number of ether oxygens (including phenoxy) is 1. The summed E-state index contributed by atoms with van der Waals surface area (Å²) in [6, 6.07) is -2.32. The smallest absolute Gasteiger partial charge is 0.264 e. The zero-order valence-electron chi connectivity index (χ0n) is 25.8. The van der Waals surface area contributed by atoms with Gasteiger partial charge in [0.1, 0.15) is 12.1 Å². The molecule has 3 rings (SSSR count). The number of nitrogens with one attached hydrogen (secondary N) is 4. The van der Waals surface area contributed by atoms with Crippen LogP contribution in [-0.4, -0.2) is 94.6 Å². The number of hydrogen-bond acceptors (Lipinski definition) is 9. The number of rotatable bonds is 8. The summed E-state index contributed by atoms with van der Waals surface area (Å²) in [6.45, 7) is 15.6. The summed E-state index contributed by atoms with van der Waals surface area (Å²) < 4.78 is 5.92. The maximum atomic E-state index is 13.8. The number of carbonyl (C=O) groups excluding carboxylic acids is 4. The number of amides is 4. The van der Waals surface area contributed by atoms with Crippen LogP contribution in [0.2, 0.25) is 0 Å². The van der Waals surface area contributed by atoms with Gasteiger partial charge in [-0.3, -0.25) is 30.2 Å². The molecule has 0 aliphatic carbocycles. The molecule has 3 heterocycles.